The molecule has 1 amide bonds. The van der Waals surface area contributed by atoms with Crippen LogP contribution in [0.1, 0.15) is 16.8 Å². The van der Waals surface area contributed by atoms with Crippen molar-refractivity contribution in [3.8, 4) is 0 Å². The van der Waals surface area contributed by atoms with E-state index < -0.39 is 5.82 Å². The highest BCUT2D eigenvalue weighted by molar-refractivity contribution is 6.31. The van der Waals surface area contributed by atoms with Crippen LogP contribution >= 0.6 is 11.6 Å². The number of carbonyl (C=O) groups excluding carboxylic acids is 1. The fourth-order valence-corrected chi connectivity index (χ4v) is 2.11. The van der Waals surface area contributed by atoms with E-state index in [1.165, 1.54) is 18.2 Å². The number of rotatable bonds is 2. The van der Waals surface area contributed by atoms with E-state index in [1.54, 1.807) is 12.0 Å². The maximum atomic E-state index is 13.5. The lowest BCUT2D eigenvalue weighted by molar-refractivity contribution is 0.0720. The molecule has 17 heavy (non-hydrogen) atoms. The first kappa shape index (κ1) is 12.3. The summed E-state index contributed by atoms with van der Waals surface area (Å²) in [5.41, 5.74) is 0.0225. The van der Waals surface area contributed by atoms with Gasteiger partial charge in [-0.3, -0.25) is 4.79 Å². The monoisotopic (exact) mass is 257 g/mol. The van der Waals surface area contributed by atoms with Crippen molar-refractivity contribution in [1.29, 1.82) is 0 Å². The summed E-state index contributed by atoms with van der Waals surface area (Å²) in [7, 11) is 1.61. The molecule has 92 valence electrons. The molecule has 2 rings (SSSR count). The Balaban J connectivity index is 2.17. The third-order valence-corrected chi connectivity index (χ3v) is 3.16. The topological polar surface area (TPSA) is 29.5 Å². The SMILES string of the molecule is COC1CCN(C(=O)c2cc(Cl)ccc2F)C1. The lowest BCUT2D eigenvalue weighted by atomic mass is 10.2. The van der Waals surface area contributed by atoms with Crippen molar-refractivity contribution in [3.63, 3.8) is 0 Å². The molecule has 1 atom stereocenters. The van der Waals surface area contributed by atoms with Crippen molar-refractivity contribution in [2.75, 3.05) is 20.2 Å². The van der Waals surface area contributed by atoms with Crippen LogP contribution in [0.15, 0.2) is 18.2 Å². The summed E-state index contributed by atoms with van der Waals surface area (Å²) in [6.45, 7) is 1.09. The Labute approximate surface area is 104 Å². The van der Waals surface area contributed by atoms with E-state index in [2.05, 4.69) is 0 Å². The molecule has 0 aromatic heterocycles. The molecule has 1 aromatic rings. The van der Waals surface area contributed by atoms with Crippen LogP contribution in [0.5, 0.6) is 0 Å². The minimum absolute atomic E-state index is 0.0225. The Morgan fingerprint density at radius 3 is 3.00 bits per heavy atom. The highest BCUT2D eigenvalue weighted by atomic mass is 35.5. The minimum Gasteiger partial charge on any atom is -0.380 e. The number of amides is 1. The van der Waals surface area contributed by atoms with Crippen LogP contribution in [0.2, 0.25) is 5.02 Å². The summed E-state index contributed by atoms with van der Waals surface area (Å²) >= 11 is 5.76. The molecule has 0 aliphatic carbocycles. The number of benzene rings is 1. The van der Waals surface area contributed by atoms with Gasteiger partial charge in [-0.1, -0.05) is 11.6 Å². The first-order valence-electron chi connectivity index (χ1n) is 5.39. The summed E-state index contributed by atoms with van der Waals surface area (Å²) in [5, 5.41) is 0.359. The zero-order valence-corrected chi connectivity index (χ0v) is 10.2. The van der Waals surface area contributed by atoms with Gasteiger partial charge in [0.05, 0.1) is 11.7 Å². The summed E-state index contributed by atoms with van der Waals surface area (Å²) in [6, 6.07) is 3.99. The maximum absolute atomic E-state index is 13.5. The van der Waals surface area contributed by atoms with E-state index >= 15 is 0 Å². The van der Waals surface area contributed by atoms with Gasteiger partial charge < -0.3 is 9.64 Å². The van der Waals surface area contributed by atoms with Gasteiger partial charge in [-0.25, -0.2) is 4.39 Å². The van der Waals surface area contributed by atoms with Crippen molar-refractivity contribution in [2.45, 2.75) is 12.5 Å². The third kappa shape index (κ3) is 2.58. The first-order valence-corrected chi connectivity index (χ1v) is 5.76. The van der Waals surface area contributed by atoms with Crippen LogP contribution < -0.4 is 0 Å². The average molecular weight is 258 g/mol. The Morgan fingerprint density at radius 1 is 1.59 bits per heavy atom. The molecule has 0 radical (unpaired) electrons. The van der Waals surface area contributed by atoms with Gasteiger partial charge in [0.15, 0.2) is 0 Å². The molecule has 5 heteroatoms. The molecule has 1 aromatic carbocycles. The molecule has 0 N–H and O–H groups in total. The second-order valence-corrected chi connectivity index (χ2v) is 4.46. The van der Waals surface area contributed by atoms with Crippen LogP contribution in [-0.4, -0.2) is 37.1 Å². The Morgan fingerprint density at radius 2 is 2.35 bits per heavy atom. The fourth-order valence-electron chi connectivity index (χ4n) is 1.94. The smallest absolute Gasteiger partial charge is 0.256 e. The largest absolute Gasteiger partial charge is 0.380 e. The number of likely N-dealkylation sites (tertiary alicyclic amines) is 1. The lowest BCUT2D eigenvalue weighted by Gasteiger charge is -2.16. The van der Waals surface area contributed by atoms with E-state index in [0.717, 1.165) is 6.42 Å². The van der Waals surface area contributed by atoms with Crippen molar-refractivity contribution in [3.05, 3.63) is 34.6 Å². The number of hydrogen-bond donors (Lipinski definition) is 0. The van der Waals surface area contributed by atoms with Gasteiger partial charge in [0.1, 0.15) is 5.82 Å². The van der Waals surface area contributed by atoms with Crippen LogP contribution in [0, 0.1) is 5.82 Å². The van der Waals surface area contributed by atoms with Gasteiger partial charge in [0, 0.05) is 25.2 Å². The minimum atomic E-state index is -0.541. The lowest BCUT2D eigenvalue weighted by Crippen LogP contribution is -2.30. The van der Waals surface area contributed by atoms with Crippen molar-refractivity contribution >= 4 is 17.5 Å². The molecule has 0 spiro atoms. The van der Waals surface area contributed by atoms with E-state index in [4.69, 9.17) is 16.3 Å². The molecule has 1 unspecified atom stereocenters. The number of methoxy groups -OCH3 is 1. The fraction of sp³-hybridized carbons (Fsp3) is 0.417. The summed E-state index contributed by atoms with van der Waals surface area (Å²) < 4.78 is 18.7. The predicted octanol–water partition coefficient (Wildman–Crippen LogP) is 2.34. The number of halogens is 2. The van der Waals surface area contributed by atoms with Gasteiger partial charge in [-0.05, 0) is 24.6 Å². The zero-order valence-electron chi connectivity index (χ0n) is 9.45. The molecule has 3 nitrogen and oxygen atoms in total. The second kappa shape index (κ2) is 5.02. The number of carbonyl (C=O) groups is 1. The standard InChI is InChI=1S/C12H13ClFNO2/c1-17-9-4-5-15(7-9)12(16)10-6-8(13)2-3-11(10)14/h2-3,6,9H,4-5,7H2,1H3. The maximum Gasteiger partial charge on any atom is 0.256 e. The molecule has 1 aliphatic rings. The molecular formula is C12H13ClFNO2. The van der Waals surface area contributed by atoms with E-state index in [-0.39, 0.29) is 17.6 Å². The van der Waals surface area contributed by atoms with E-state index in [0.29, 0.717) is 18.1 Å². The predicted molar refractivity (Wildman–Crippen MR) is 62.7 cm³/mol. The molecular weight excluding hydrogens is 245 g/mol. The normalized spacial score (nSPS) is 19.7. The molecule has 1 fully saturated rings. The van der Waals surface area contributed by atoms with E-state index in [9.17, 15) is 9.18 Å². The van der Waals surface area contributed by atoms with Gasteiger partial charge >= 0.3 is 0 Å². The number of nitrogens with zero attached hydrogens (tertiary/aromatic N) is 1. The summed E-state index contributed by atoms with van der Waals surface area (Å²) in [4.78, 5) is 13.6. The van der Waals surface area contributed by atoms with Crippen molar-refractivity contribution in [2.24, 2.45) is 0 Å². The number of hydrogen-bond acceptors (Lipinski definition) is 2. The van der Waals surface area contributed by atoms with Crippen LogP contribution in [0.4, 0.5) is 4.39 Å². The molecule has 1 heterocycles. The quantitative estimate of drug-likeness (QED) is 0.814. The summed E-state index contributed by atoms with van der Waals surface area (Å²) in [6.07, 6.45) is 0.825. The highest BCUT2D eigenvalue weighted by Gasteiger charge is 2.28. The van der Waals surface area contributed by atoms with Crippen molar-refractivity contribution < 1.29 is 13.9 Å². The van der Waals surface area contributed by atoms with Crippen LogP contribution in [0.3, 0.4) is 0 Å². The van der Waals surface area contributed by atoms with Gasteiger partial charge in [0.2, 0.25) is 0 Å². The third-order valence-electron chi connectivity index (χ3n) is 2.92. The van der Waals surface area contributed by atoms with Gasteiger partial charge in [0.25, 0.3) is 5.91 Å². The Kier molecular flexibility index (Phi) is 3.64. The van der Waals surface area contributed by atoms with E-state index in [1.807, 2.05) is 0 Å². The first-order chi connectivity index (χ1) is 8.11. The highest BCUT2D eigenvalue weighted by Crippen LogP contribution is 2.20. The molecule has 1 aliphatic heterocycles. The van der Waals surface area contributed by atoms with Crippen LogP contribution in [0.25, 0.3) is 0 Å². The summed E-state index contributed by atoms with van der Waals surface area (Å²) in [5.74, 6) is -0.871. The zero-order chi connectivity index (χ0) is 12.4. The number of ether oxygens (including phenoxy) is 1. The van der Waals surface area contributed by atoms with Crippen LogP contribution in [-0.2, 0) is 4.74 Å². The molecule has 0 bridgehead atoms. The molecule has 0 saturated carbocycles. The van der Waals surface area contributed by atoms with Gasteiger partial charge in [-0.2, -0.15) is 0 Å². The Hall–Kier alpha value is -1.13. The second-order valence-electron chi connectivity index (χ2n) is 4.02. The van der Waals surface area contributed by atoms with Crippen molar-refractivity contribution in [1.82, 2.24) is 4.90 Å². The Bertz CT molecular complexity index is 439. The molecule has 1 saturated heterocycles. The average Bonchev–Trinajstić information content (AvgIpc) is 2.80. The van der Waals surface area contributed by atoms with Gasteiger partial charge in [-0.15, -0.1) is 0 Å².